The highest BCUT2D eigenvalue weighted by Gasteiger charge is 2.14. The average molecular weight is 335 g/mol. The summed E-state index contributed by atoms with van der Waals surface area (Å²) in [6, 6.07) is 13.2. The molecule has 0 amide bonds. The lowest BCUT2D eigenvalue weighted by Crippen LogP contribution is -2.08. The summed E-state index contributed by atoms with van der Waals surface area (Å²) in [5.41, 5.74) is 2.70. The fraction of sp³-hybridized carbons (Fsp3) is 0.200. The third-order valence-corrected chi connectivity index (χ3v) is 3.77. The van der Waals surface area contributed by atoms with Crippen molar-refractivity contribution in [3.8, 4) is 0 Å². The van der Waals surface area contributed by atoms with Gasteiger partial charge in [0, 0.05) is 27.8 Å². The largest absolute Gasteiger partial charge is 0.378 e. The summed E-state index contributed by atoms with van der Waals surface area (Å²) in [7, 11) is 0. The highest BCUT2D eigenvalue weighted by Crippen LogP contribution is 2.28. The van der Waals surface area contributed by atoms with Gasteiger partial charge in [0.25, 0.3) is 5.69 Å². The zero-order valence-electron chi connectivity index (χ0n) is 11.3. The molecule has 0 fully saturated rings. The van der Waals surface area contributed by atoms with Crippen LogP contribution in [0, 0.1) is 17.0 Å². The van der Waals surface area contributed by atoms with Gasteiger partial charge in [-0.3, -0.25) is 10.1 Å². The first-order valence-corrected chi connectivity index (χ1v) is 7.04. The monoisotopic (exact) mass is 334 g/mol. The van der Waals surface area contributed by atoms with E-state index in [9.17, 15) is 10.1 Å². The quantitative estimate of drug-likeness (QED) is 0.642. The molecule has 0 aliphatic rings. The molecule has 0 saturated heterocycles. The van der Waals surface area contributed by atoms with Gasteiger partial charge in [-0.15, -0.1) is 0 Å². The Morgan fingerprint density at radius 1 is 1.20 bits per heavy atom. The van der Waals surface area contributed by atoms with Crippen molar-refractivity contribution >= 4 is 27.3 Å². The number of rotatable bonds is 4. The van der Waals surface area contributed by atoms with Crippen LogP contribution in [0.15, 0.2) is 46.9 Å². The Bertz CT molecular complexity index is 626. The number of hydrogen-bond acceptors (Lipinski definition) is 3. The number of nitrogens with zero attached hydrogens (tertiary/aromatic N) is 1. The fourth-order valence-corrected chi connectivity index (χ4v) is 2.31. The van der Waals surface area contributed by atoms with Gasteiger partial charge in [0.1, 0.15) is 0 Å². The molecule has 1 atom stereocenters. The number of anilines is 1. The van der Waals surface area contributed by atoms with E-state index >= 15 is 0 Å². The van der Waals surface area contributed by atoms with Crippen LogP contribution in [0.2, 0.25) is 0 Å². The molecule has 2 aromatic carbocycles. The first-order chi connectivity index (χ1) is 9.49. The summed E-state index contributed by atoms with van der Waals surface area (Å²) in [5.74, 6) is 0. The first-order valence-electron chi connectivity index (χ1n) is 6.25. The Balaban J connectivity index is 2.23. The molecule has 1 unspecified atom stereocenters. The van der Waals surface area contributed by atoms with Crippen molar-refractivity contribution in [3.63, 3.8) is 0 Å². The third kappa shape index (κ3) is 3.17. The molecule has 0 saturated carbocycles. The maximum Gasteiger partial charge on any atom is 0.274 e. The van der Waals surface area contributed by atoms with E-state index in [0.29, 0.717) is 5.56 Å². The van der Waals surface area contributed by atoms with Crippen molar-refractivity contribution in [3.05, 3.63) is 68.2 Å². The summed E-state index contributed by atoms with van der Waals surface area (Å²) in [4.78, 5) is 10.6. The molecule has 2 rings (SSSR count). The molecule has 0 radical (unpaired) electrons. The van der Waals surface area contributed by atoms with Crippen molar-refractivity contribution in [2.45, 2.75) is 19.9 Å². The lowest BCUT2D eigenvalue weighted by molar-refractivity contribution is -0.385. The van der Waals surface area contributed by atoms with Crippen LogP contribution in [0.4, 0.5) is 11.4 Å². The molecular formula is C15H15BrN2O2. The third-order valence-electron chi connectivity index (χ3n) is 3.24. The van der Waals surface area contributed by atoms with E-state index in [4.69, 9.17) is 0 Å². The van der Waals surface area contributed by atoms with Crippen LogP contribution in [0.5, 0.6) is 0 Å². The van der Waals surface area contributed by atoms with Gasteiger partial charge in [0.15, 0.2) is 0 Å². The molecule has 4 nitrogen and oxygen atoms in total. The molecule has 20 heavy (non-hydrogen) atoms. The Hall–Kier alpha value is -1.88. The van der Waals surface area contributed by atoms with Gasteiger partial charge in [0.2, 0.25) is 0 Å². The normalized spacial score (nSPS) is 11.9. The van der Waals surface area contributed by atoms with Gasteiger partial charge in [-0.2, -0.15) is 0 Å². The molecular weight excluding hydrogens is 320 g/mol. The van der Waals surface area contributed by atoms with Gasteiger partial charge >= 0.3 is 0 Å². The summed E-state index contributed by atoms with van der Waals surface area (Å²) >= 11 is 3.40. The molecule has 0 aliphatic heterocycles. The summed E-state index contributed by atoms with van der Waals surface area (Å²) < 4.78 is 1.03. The number of nitro groups is 1. The van der Waals surface area contributed by atoms with Crippen molar-refractivity contribution in [2.24, 2.45) is 0 Å². The number of nitro benzene ring substituents is 1. The fourth-order valence-electron chi connectivity index (χ4n) is 2.05. The van der Waals surface area contributed by atoms with Gasteiger partial charge in [-0.25, -0.2) is 0 Å². The van der Waals surface area contributed by atoms with Crippen LogP contribution in [-0.2, 0) is 0 Å². The molecule has 0 spiro atoms. The van der Waals surface area contributed by atoms with E-state index in [-0.39, 0.29) is 16.7 Å². The molecule has 2 aromatic rings. The predicted octanol–water partition coefficient (Wildman–Crippen LogP) is 4.84. The summed E-state index contributed by atoms with van der Waals surface area (Å²) in [5, 5.41) is 14.3. The van der Waals surface area contributed by atoms with Crippen LogP contribution < -0.4 is 5.32 Å². The molecule has 0 aromatic heterocycles. The first kappa shape index (κ1) is 14.5. The standard InChI is InChI=1S/C15H15BrN2O2/c1-10-14(4-3-5-15(10)18(19)20)17-11(2)12-6-8-13(16)9-7-12/h3-9,11,17H,1-2H3. The van der Waals surface area contributed by atoms with E-state index in [1.165, 1.54) is 6.07 Å². The second-order valence-corrected chi connectivity index (χ2v) is 5.54. The summed E-state index contributed by atoms with van der Waals surface area (Å²) in [6.45, 7) is 3.79. The lowest BCUT2D eigenvalue weighted by atomic mass is 10.1. The van der Waals surface area contributed by atoms with E-state index in [2.05, 4.69) is 21.2 Å². The smallest absolute Gasteiger partial charge is 0.274 e. The number of hydrogen-bond donors (Lipinski definition) is 1. The zero-order valence-corrected chi connectivity index (χ0v) is 12.8. The van der Waals surface area contributed by atoms with Gasteiger partial charge in [0.05, 0.1) is 4.92 Å². The maximum absolute atomic E-state index is 10.9. The summed E-state index contributed by atoms with van der Waals surface area (Å²) in [6.07, 6.45) is 0. The number of halogens is 1. The number of benzene rings is 2. The molecule has 0 bridgehead atoms. The van der Waals surface area contributed by atoms with Crippen molar-refractivity contribution < 1.29 is 4.92 Å². The number of nitrogens with one attached hydrogen (secondary N) is 1. The minimum atomic E-state index is -0.356. The van der Waals surface area contributed by atoms with Crippen LogP contribution in [-0.4, -0.2) is 4.92 Å². The minimum absolute atomic E-state index is 0.0730. The Kier molecular flexibility index (Phi) is 4.39. The highest BCUT2D eigenvalue weighted by molar-refractivity contribution is 9.10. The van der Waals surface area contributed by atoms with E-state index in [1.807, 2.05) is 37.3 Å². The van der Waals surface area contributed by atoms with Crippen LogP contribution in [0.3, 0.4) is 0 Å². The van der Waals surface area contributed by atoms with Gasteiger partial charge in [-0.1, -0.05) is 34.1 Å². The van der Waals surface area contributed by atoms with Crippen molar-refractivity contribution in [2.75, 3.05) is 5.32 Å². The predicted molar refractivity (Wildman–Crippen MR) is 84.0 cm³/mol. The van der Waals surface area contributed by atoms with Crippen molar-refractivity contribution in [1.82, 2.24) is 0 Å². The van der Waals surface area contributed by atoms with E-state index in [0.717, 1.165) is 15.7 Å². The maximum atomic E-state index is 10.9. The van der Waals surface area contributed by atoms with Crippen molar-refractivity contribution in [1.29, 1.82) is 0 Å². The van der Waals surface area contributed by atoms with E-state index in [1.54, 1.807) is 13.0 Å². The SMILES string of the molecule is Cc1c(NC(C)c2ccc(Br)cc2)cccc1[N+](=O)[O-]. The molecule has 5 heteroatoms. The van der Waals surface area contributed by atoms with Crippen LogP contribution in [0.1, 0.15) is 24.1 Å². The zero-order chi connectivity index (χ0) is 14.7. The van der Waals surface area contributed by atoms with Crippen LogP contribution >= 0.6 is 15.9 Å². The molecule has 104 valence electrons. The molecule has 0 heterocycles. The second kappa shape index (κ2) is 6.05. The topological polar surface area (TPSA) is 55.2 Å². The Morgan fingerprint density at radius 2 is 1.85 bits per heavy atom. The Morgan fingerprint density at radius 3 is 2.45 bits per heavy atom. The average Bonchev–Trinajstić information content (AvgIpc) is 2.41. The molecule has 0 aliphatic carbocycles. The van der Waals surface area contributed by atoms with Gasteiger partial charge < -0.3 is 5.32 Å². The second-order valence-electron chi connectivity index (χ2n) is 4.62. The van der Waals surface area contributed by atoms with Gasteiger partial charge in [-0.05, 0) is 37.6 Å². The molecule has 1 N–H and O–H groups in total. The van der Waals surface area contributed by atoms with E-state index < -0.39 is 0 Å². The Labute approximate surface area is 126 Å². The highest BCUT2D eigenvalue weighted by atomic mass is 79.9. The minimum Gasteiger partial charge on any atom is -0.378 e. The van der Waals surface area contributed by atoms with Crippen LogP contribution in [0.25, 0.3) is 0 Å². The lowest BCUT2D eigenvalue weighted by Gasteiger charge is -2.17.